The fourth-order valence-electron chi connectivity index (χ4n) is 5.94. The molecule has 2 aromatic carbocycles. The van der Waals surface area contributed by atoms with E-state index in [1.807, 2.05) is 0 Å². The fraction of sp³-hybridized carbons (Fsp3) is 0.500. The van der Waals surface area contributed by atoms with Crippen LogP contribution >= 0.6 is 0 Å². The number of carbonyl (C=O) groups excluding carboxylic acids is 1. The summed E-state index contributed by atoms with van der Waals surface area (Å²) in [5.74, 6) is -2.70. The topological polar surface area (TPSA) is 91.8 Å². The first-order chi connectivity index (χ1) is 19.9. The van der Waals surface area contributed by atoms with Gasteiger partial charge in [-0.2, -0.15) is 26.3 Å². The number of carbonyl (C=O) groups is 2. The number of benzene rings is 2. The molecule has 43 heavy (non-hydrogen) atoms. The predicted molar refractivity (Wildman–Crippen MR) is 136 cm³/mol. The second-order valence-corrected chi connectivity index (χ2v) is 13.2. The number of likely N-dealkylation sites (tertiary alicyclic amines) is 1. The lowest BCUT2D eigenvalue weighted by Gasteiger charge is -2.33. The maximum Gasteiger partial charge on any atom is 0.435 e. The highest BCUT2D eigenvalue weighted by atomic mass is 32.2. The van der Waals surface area contributed by atoms with E-state index in [0.717, 1.165) is 12.1 Å². The Hall–Kier alpha value is -3.23. The fourth-order valence-corrected chi connectivity index (χ4v) is 8.09. The molecule has 1 saturated heterocycles. The smallest absolute Gasteiger partial charge is 0.435 e. The molecule has 4 rings (SSSR count). The van der Waals surface area contributed by atoms with E-state index in [1.54, 1.807) is 0 Å². The molecule has 1 saturated carbocycles. The van der Waals surface area contributed by atoms with E-state index in [-0.39, 0.29) is 66.8 Å². The third kappa shape index (κ3) is 5.60. The highest BCUT2D eigenvalue weighted by Gasteiger charge is 2.73. The Morgan fingerprint density at radius 2 is 1.44 bits per heavy atom. The van der Waals surface area contributed by atoms with E-state index in [0.29, 0.717) is 12.1 Å². The lowest BCUT2D eigenvalue weighted by Crippen LogP contribution is -2.50. The summed E-state index contributed by atoms with van der Waals surface area (Å²) >= 11 is 0. The van der Waals surface area contributed by atoms with Crippen LogP contribution in [0.25, 0.3) is 0 Å². The average Bonchev–Trinajstić information content (AvgIpc) is 3.43. The van der Waals surface area contributed by atoms with Crippen LogP contribution in [-0.4, -0.2) is 55.7 Å². The molecule has 15 heteroatoms. The second kappa shape index (κ2) is 11.4. The molecule has 2 aliphatic rings. The summed E-state index contributed by atoms with van der Waals surface area (Å²) in [7, 11) is -4.58. The molecule has 0 bridgehead atoms. The Morgan fingerprint density at radius 1 is 0.884 bits per heavy atom. The summed E-state index contributed by atoms with van der Waals surface area (Å²) in [6.45, 7) is -1.71. The number of carboxylic acids is 1. The van der Waals surface area contributed by atoms with Crippen LogP contribution in [-0.2, 0) is 36.5 Å². The van der Waals surface area contributed by atoms with Gasteiger partial charge >= 0.3 is 24.0 Å². The zero-order valence-electron chi connectivity index (χ0n) is 22.4. The summed E-state index contributed by atoms with van der Waals surface area (Å²) in [6.07, 6.45) is -12.2. The number of carboxylic acid groups (broad SMARTS) is 1. The van der Waals surface area contributed by atoms with Gasteiger partial charge in [0.25, 0.3) is 0 Å². The van der Waals surface area contributed by atoms with Crippen molar-refractivity contribution in [2.75, 3.05) is 13.1 Å². The molecular formula is C28H27F8NO5S. The number of sulfone groups is 1. The molecule has 2 aromatic rings. The van der Waals surface area contributed by atoms with Crippen LogP contribution in [0.2, 0.25) is 0 Å². The first kappa shape index (κ1) is 32.7. The number of hydrogen-bond acceptors (Lipinski definition) is 4. The summed E-state index contributed by atoms with van der Waals surface area (Å²) in [5, 5.41) is 9.23. The maximum absolute atomic E-state index is 14.7. The summed E-state index contributed by atoms with van der Waals surface area (Å²) in [4.78, 5) is 25.5. The highest BCUT2D eigenvalue weighted by molar-refractivity contribution is 7.92. The van der Waals surface area contributed by atoms with Crippen LogP contribution in [0, 0.1) is 11.8 Å². The van der Waals surface area contributed by atoms with E-state index in [9.17, 15) is 58.2 Å². The molecule has 2 fully saturated rings. The second-order valence-electron chi connectivity index (χ2n) is 10.9. The summed E-state index contributed by atoms with van der Waals surface area (Å²) in [6, 6.07) is 6.57. The Bertz CT molecular complexity index is 1450. The Labute approximate surface area is 241 Å². The molecule has 0 radical (unpaired) electrons. The molecule has 0 aromatic heterocycles. The van der Waals surface area contributed by atoms with Crippen molar-refractivity contribution in [3.63, 3.8) is 0 Å². The predicted octanol–water partition coefficient (Wildman–Crippen LogP) is 6.24. The maximum atomic E-state index is 14.7. The zero-order valence-corrected chi connectivity index (χ0v) is 23.2. The molecule has 1 amide bonds. The number of halogens is 8. The molecule has 1 aliphatic carbocycles. The van der Waals surface area contributed by atoms with E-state index < -0.39 is 75.1 Å². The average molecular weight is 642 g/mol. The number of nitrogens with zero attached hydrogens (tertiary/aromatic N) is 1. The van der Waals surface area contributed by atoms with Crippen molar-refractivity contribution in [2.24, 2.45) is 11.8 Å². The molecule has 0 spiro atoms. The molecule has 1 N–H and O–H groups in total. The number of rotatable bonds is 7. The first-order valence-corrected chi connectivity index (χ1v) is 14.7. The molecule has 1 unspecified atom stereocenters. The third-order valence-corrected chi connectivity index (χ3v) is 10.9. The lowest BCUT2D eigenvalue weighted by atomic mass is 9.81. The molecule has 6 nitrogen and oxygen atoms in total. The molecule has 1 heterocycles. The highest BCUT2D eigenvalue weighted by Crippen LogP contribution is 2.54. The Kier molecular flexibility index (Phi) is 8.63. The third-order valence-electron chi connectivity index (χ3n) is 8.44. The van der Waals surface area contributed by atoms with Crippen LogP contribution in [0.4, 0.5) is 35.1 Å². The minimum Gasteiger partial charge on any atom is -0.481 e. The normalized spacial score (nSPS) is 23.8. The SMILES string of the molecule is O=C(O)C1CCC(C(=O)N2CCC(c3ccc(C(F)(C(F)(F)F)C(F)(F)F)cc3)(S(=O)(=O)c3cccc(CF)c3)C2)CC1. The van der Waals surface area contributed by atoms with Crippen molar-refractivity contribution in [1.82, 2.24) is 4.90 Å². The first-order valence-electron chi connectivity index (χ1n) is 13.2. The van der Waals surface area contributed by atoms with Gasteiger partial charge in [0.1, 0.15) is 11.4 Å². The van der Waals surface area contributed by atoms with Gasteiger partial charge in [0.15, 0.2) is 9.84 Å². The van der Waals surface area contributed by atoms with Gasteiger partial charge in [0.05, 0.1) is 10.8 Å². The van der Waals surface area contributed by atoms with Gasteiger partial charge < -0.3 is 10.0 Å². The quantitative estimate of drug-likeness (QED) is 0.362. The van der Waals surface area contributed by atoms with Gasteiger partial charge in [-0.3, -0.25) is 9.59 Å². The van der Waals surface area contributed by atoms with Crippen LogP contribution in [0.3, 0.4) is 0 Å². The summed E-state index contributed by atoms with van der Waals surface area (Å²) < 4.78 is 134. The standard InChI is InChI=1S/C28H27F8NO5S/c29-15-17-2-1-3-22(14-17)43(41,42)25(12-13-37(16-25)23(38)18-4-6-19(7-5-18)24(39)40)20-8-10-21(11-9-20)26(30,27(31,32)33)28(34,35)36/h1-3,8-11,14,18-19H,4-7,12-13,15-16H2,(H,39,40). The van der Waals surface area contributed by atoms with Crippen LogP contribution in [0.15, 0.2) is 53.4 Å². The minimum atomic E-state index is -6.38. The number of alkyl halides is 8. The Balaban J connectivity index is 1.76. The van der Waals surface area contributed by atoms with Crippen LogP contribution in [0.5, 0.6) is 0 Å². The van der Waals surface area contributed by atoms with Gasteiger partial charge in [-0.25, -0.2) is 17.2 Å². The van der Waals surface area contributed by atoms with E-state index in [1.165, 1.54) is 17.0 Å². The van der Waals surface area contributed by atoms with Gasteiger partial charge in [-0.15, -0.1) is 0 Å². The van der Waals surface area contributed by atoms with E-state index in [4.69, 9.17) is 0 Å². The largest absolute Gasteiger partial charge is 0.481 e. The van der Waals surface area contributed by atoms with Crippen LogP contribution in [0.1, 0.15) is 48.8 Å². The van der Waals surface area contributed by atoms with Gasteiger partial charge in [0, 0.05) is 24.6 Å². The monoisotopic (exact) mass is 641 g/mol. The minimum absolute atomic E-state index is 0.00902. The zero-order chi connectivity index (χ0) is 32.0. The van der Waals surface area contributed by atoms with Crippen molar-refractivity contribution in [1.29, 1.82) is 0 Å². The van der Waals surface area contributed by atoms with Crippen LogP contribution < -0.4 is 0 Å². The lowest BCUT2D eigenvalue weighted by molar-refractivity contribution is -0.348. The van der Waals surface area contributed by atoms with E-state index in [2.05, 4.69) is 0 Å². The van der Waals surface area contributed by atoms with Gasteiger partial charge in [0.2, 0.25) is 5.91 Å². The van der Waals surface area contributed by atoms with Crippen molar-refractivity contribution < 1.29 is 58.2 Å². The van der Waals surface area contributed by atoms with Gasteiger partial charge in [-0.1, -0.05) is 36.4 Å². The number of aliphatic carboxylic acids is 1. The number of amides is 1. The molecule has 1 atom stereocenters. The van der Waals surface area contributed by atoms with Crippen molar-refractivity contribution in [2.45, 2.75) is 66.4 Å². The molecule has 236 valence electrons. The van der Waals surface area contributed by atoms with Crippen molar-refractivity contribution in [3.05, 3.63) is 65.2 Å². The Morgan fingerprint density at radius 3 is 1.95 bits per heavy atom. The van der Waals surface area contributed by atoms with Gasteiger partial charge in [-0.05, 0) is 55.4 Å². The summed E-state index contributed by atoms with van der Waals surface area (Å²) in [5.41, 5.74) is -7.82. The number of hydrogen-bond donors (Lipinski definition) is 1. The molecular weight excluding hydrogens is 614 g/mol. The van der Waals surface area contributed by atoms with Crippen molar-refractivity contribution >= 4 is 21.7 Å². The van der Waals surface area contributed by atoms with Crippen molar-refractivity contribution in [3.8, 4) is 0 Å². The van der Waals surface area contributed by atoms with E-state index >= 15 is 0 Å². The molecule has 1 aliphatic heterocycles.